The molecule has 0 fully saturated rings. The highest BCUT2D eigenvalue weighted by molar-refractivity contribution is 6.68. The Morgan fingerprint density at radius 2 is 2.08 bits per heavy atom. The first-order valence-electron chi connectivity index (χ1n) is 3.18. The summed E-state index contributed by atoms with van der Waals surface area (Å²) in [5.41, 5.74) is 0.375. The summed E-state index contributed by atoms with van der Waals surface area (Å²) in [4.78, 5) is 10.7. The molecule has 64 valence electrons. The van der Waals surface area contributed by atoms with Gasteiger partial charge in [0.05, 0.1) is 10.6 Å². The largest absolute Gasteiger partial charge is 0.275 e. The highest BCUT2D eigenvalue weighted by atomic mass is 35.5. The second-order valence-corrected chi connectivity index (χ2v) is 3.05. The van der Waals surface area contributed by atoms with Gasteiger partial charge in [-0.3, -0.25) is 4.79 Å². The van der Waals surface area contributed by atoms with Crippen molar-refractivity contribution in [1.29, 1.82) is 0 Å². The minimum Gasteiger partial charge on any atom is -0.275 e. The third kappa shape index (κ3) is 1.59. The molecule has 0 heterocycles. The minimum atomic E-state index is -0.874. The first kappa shape index (κ1) is 9.49. The summed E-state index contributed by atoms with van der Waals surface area (Å²) >= 11 is 10.8. The maximum atomic E-state index is 12.9. The second kappa shape index (κ2) is 3.42. The van der Waals surface area contributed by atoms with Crippen LogP contribution in [0.3, 0.4) is 0 Å². The summed E-state index contributed by atoms with van der Waals surface area (Å²) in [6, 6.07) is 2.65. The van der Waals surface area contributed by atoms with Crippen molar-refractivity contribution < 1.29 is 9.18 Å². The van der Waals surface area contributed by atoms with Gasteiger partial charge in [-0.2, -0.15) is 0 Å². The lowest BCUT2D eigenvalue weighted by Crippen LogP contribution is -1.97. The highest BCUT2D eigenvalue weighted by Crippen LogP contribution is 2.24. The molecule has 0 radical (unpaired) electrons. The zero-order valence-electron chi connectivity index (χ0n) is 6.20. The number of carbonyl (C=O) groups is 1. The summed E-state index contributed by atoms with van der Waals surface area (Å²) in [6.07, 6.45) is 0. The number of aryl methyl sites for hydroxylation is 1. The Morgan fingerprint density at radius 3 is 2.50 bits per heavy atom. The van der Waals surface area contributed by atoms with Crippen LogP contribution >= 0.6 is 23.2 Å². The number of hydrogen-bond acceptors (Lipinski definition) is 1. The second-order valence-electron chi connectivity index (χ2n) is 2.33. The Morgan fingerprint density at radius 1 is 1.50 bits per heavy atom. The molecule has 12 heavy (non-hydrogen) atoms. The predicted octanol–water partition coefficient (Wildman–Crippen LogP) is 3.17. The minimum absolute atomic E-state index is 0.0787. The molecule has 0 atom stereocenters. The van der Waals surface area contributed by atoms with Crippen molar-refractivity contribution in [3.8, 4) is 0 Å². The van der Waals surface area contributed by atoms with E-state index in [1.165, 1.54) is 6.07 Å². The molecule has 1 aromatic rings. The monoisotopic (exact) mass is 206 g/mol. The van der Waals surface area contributed by atoms with E-state index in [1.54, 1.807) is 6.92 Å². The van der Waals surface area contributed by atoms with E-state index in [4.69, 9.17) is 23.2 Å². The number of hydrogen-bond donors (Lipinski definition) is 0. The fourth-order valence-electron chi connectivity index (χ4n) is 0.837. The molecule has 1 nitrogen and oxygen atoms in total. The Kier molecular flexibility index (Phi) is 2.70. The van der Waals surface area contributed by atoms with Crippen LogP contribution in [0, 0.1) is 12.7 Å². The molecule has 0 aliphatic heterocycles. The van der Waals surface area contributed by atoms with Crippen LogP contribution in [-0.2, 0) is 0 Å². The highest BCUT2D eigenvalue weighted by Gasteiger charge is 2.14. The molecule has 0 saturated heterocycles. The average molecular weight is 207 g/mol. The normalized spacial score (nSPS) is 10.0. The summed E-state index contributed by atoms with van der Waals surface area (Å²) < 4.78 is 12.9. The molecule has 1 rings (SSSR count). The average Bonchev–Trinajstić information content (AvgIpc) is 1.97. The standard InChI is InChI=1S/C8H5Cl2FO/c1-4-2-3-5(11)6(7(4)9)8(10)12/h2-3H,1H3. The molecule has 0 saturated carbocycles. The zero-order chi connectivity index (χ0) is 9.30. The van der Waals surface area contributed by atoms with E-state index < -0.39 is 11.1 Å². The van der Waals surface area contributed by atoms with Gasteiger partial charge in [-0.1, -0.05) is 17.7 Å². The lowest BCUT2D eigenvalue weighted by molar-refractivity contribution is 0.107. The van der Waals surface area contributed by atoms with Gasteiger partial charge in [0.25, 0.3) is 5.24 Å². The Bertz CT molecular complexity index is 336. The van der Waals surface area contributed by atoms with Crippen molar-refractivity contribution in [2.75, 3.05) is 0 Å². The summed E-state index contributed by atoms with van der Waals surface area (Å²) in [6.45, 7) is 1.67. The molecule has 1 aromatic carbocycles. The maximum absolute atomic E-state index is 12.9. The summed E-state index contributed by atoms with van der Waals surface area (Å²) in [5.74, 6) is -0.689. The number of halogens is 3. The molecular weight excluding hydrogens is 202 g/mol. The van der Waals surface area contributed by atoms with E-state index in [0.717, 1.165) is 6.07 Å². The van der Waals surface area contributed by atoms with Crippen molar-refractivity contribution in [3.63, 3.8) is 0 Å². The van der Waals surface area contributed by atoms with Gasteiger partial charge in [0.15, 0.2) is 0 Å². The van der Waals surface area contributed by atoms with Gasteiger partial charge in [-0.05, 0) is 30.2 Å². The van der Waals surface area contributed by atoms with E-state index in [2.05, 4.69) is 0 Å². The van der Waals surface area contributed by atoms with Crippen LogP contribution in [0.25, 0.3) is 0 Å². The number of benzene rings is 1. The third-order valence-electron chi connectivity index (χ3n) is 1.48. The maximum Gasteiger partial charge on any atom is 0.256 e. The van der Waals surface area contributed by atoms with Crippen molar-refractivity contribution in [2.45, 2.75) is 6.92 Å². The molecule has 0 amide bonds. The van der Waals surface area contributed by atoms with Crippen molar-refractivity contribution in [1.82, 2.24) is 0 Å². The number of carbonyl (C=O) groups excluding carboxylic acids is 1. The van der Waals surface area contributed by atoms with Crippen molar-refractivity contribution in [3.05, 3.63) is 34.1 Å². The quantitative estimate of drug-likeness (QED) is 0.646. The van der Waals surface area contributed by atoms with Gasteiger partial charge >= 0.3 is 0 Å². The molecule has 0 aliphatic rings. The fraction of sp³-hybridized carbons (Fsp3) is 0.125. The van der Waals surface area contributed by atoms with Crippen LogP contribution in [0.15, 0.2) is 12.1 Å². The molecule has 0 N–H and O–H groups in total. The van der Waals surface area contributed by atoms with E-state index in [-0.39, 0.29) is 10.6 Å². The predicted molar refractivity (Wildman–Crippen MR) is 46.3 cm³/mol. The topological polar surface area (TPSA) is 17.1 Å². The van der Waals surface area contributed by atoms with E-state index >= 15 is 0 Å². The number of rotatable bonds is 1. The van der Waals surface area contributed by atoms with Gasteiger partial charge < -0.3 is 0 Å². The Labute approximate surface area is 79.1 Å². The molecule has 4 heteroatoms. The van der Waals surface area contributed by atoms with Gasteiger partial charge in [-0.15, -0.1) is 0 Å². The van der Waals surface area contributed by atoms with Crippen molar-refractivity contribution in [2.24, 2.45) is 0 Å². The lowest BCUT2D eigenvalue weighted by Gasteiger charge is -2.02. The Hall–Kier alpha value is -0.600. The fourth-order valence-corrected chi connectivity index (χ4v) is 1.31. The summed E-state index contributed by atoms with van der Waals surface area (Å²) in [7, 11) is 0. The molecule has 0 spiro atoms. The van der Waals surface area contributed by atoms with Crippen LogP contribution in [0.1, 0.15) is 15.9 Å². The lowest BCUT2D eigenvalue weighted by atomic mass is 10.1. The zero-order valence-corrected chi connectivity index (χ0v) is 7.71. The van der Waals surface area contributed by atoms with Gasteiger partial charge in [0.1, 0.15) is 5.82 Å². The van der Waals surface area contributed by atoms with Gasteiger partial charge in [0.2, 0.25) is 0 Å². The first-order chi connectivity index (χ1) is 5.54. The van der Waals surface area contributed by atoms with Crippen LogP contribution in [-0.4, -0.2) is 5.24 Å². The van der Waals surface area contributed by atoms with E-state index in [0.29, 0.717) is 5.56 Å². The van der Waals surface area contributed by atoms with Crippen molar-refractivity contribution >= 4 is 28.4 Å². The van der Waals surface area contributed by atoms with Gasteiger partial charge in [0, 0.05) is 0 Å². The smallest absolute Gasteiger partial charge is 0.256 e. The van der Waals surface area contributed by atoms with E-state index in [9.17, 15) is 9.18 Å². The SMILES string of the molecule is Cc1ccc(F)c(C(=O)Cl)c1Cl. The molecule has 0 bridgehead atoms. The molecule has 0 aromatic heterocycles. The summed E-state index contributed by atoms with van der Waals surface area (Å²) in [5, 5.41) is -0.795. The Balaban J connectivity index is 3.43. The molecule has 0 unspecified atom stereocenters. The van der Waals surface area contributed by atoms with Crippen LogP contribution < -0.4 is 0 Å². The molecule has 0 aliphatic carbocycles. The van der Waals surface area contributed by atoms with Crippen LogP contribution in [0.4, 0.5) is 4.39 Å². The third-order valence-corrected chi connectivity index (χ3v) is 2.16. The van der Waals surface area contributed by atoms with Crippen LogP contribution in [0.2, 0.25) is 5.02 Å². The first-order valence-corrected chi connectivity index (χ1v) is 3.94. The molecular formula is C8H5Cl2FO. The van der Waals surface area contributed by atoms with Gasteiger partial charge in [-0.25, -0.2) is 4.39 Å². The van der Waals surface area contributed by atoms with Crippen LogP contribution in [0.5, 0.6) is 0 Å². The van der Waals surface area contributed by atoms with E-state index in [1.807, 2.05) is 0 Å².